The van der Waals surface area contributed by atoms with Crippen molar-refractivity contribution < 1.29 is 27.3 Å². The van der Waals surface area contributed by atoms with E-state index in [4.69, 9.17) is 5.11 Å². The summed E-state index contributed by atoms with van der Waals surface area (Å²) < 4.78 is 27.6. The first-order valence-corrected chi connectivity index (χ1v) is 8.05. The third kappa shape index (κ3) is 11.7. The van der Waals surface area contributed by atoms with Crippen LogP contribution in [0.15, 0.2) is 0 Å². The van der Waals surface area contributed by atoms with Gasteiger partial charge in [0.1, 0.15) is 0 Å². The number of unbranched alkanes of at least 4 members (excludes halogenated alkanes) is 1. The first-order chi connectivity index (χ1) is 8.80. The van der Waals surface area contributed by atoms with Crippen molar-refractivity contribution in [3.05, 3.63) is 0 Å². The number of rotatable bonds is 10. The van der Waals surface area contributed by atoms with Gasteiger partial charge in [-0.15, -0.1) is 0 Å². The van der Waals surface area contributed by atoms with Crippen LogP contribution in [0.1, 0.15) is 52.4 Å². The molecule has 0 saturated heterocycles. The molecule has 0 bridgehead atoms. The number of hydrogen-bond acceptors (Lipinski definition) is 5. The molecule has 0 amide bonds. The molecular formula is C12H23NaO6S. The van der Waals surface area contributed by atoms with E-state index < -0.39 is 34.9 Å². The molecule has 0 aliphatic carbocycles. The Hall–Kier alpha value is -0.110. The molecule has 1 unspecified atom stereocenters. The molecule has 0 aromatic carbocycles. The average molecular weight is 318 g/mol. The van der Waals surface area contributed by atoms with Gasteiger partial charge in [0.25, 0.3) is 0 Å². The standard InChI is InChI=1S/C12H22O6S.Na.H/c1-3-5-6-10(4-2)9-19(16,17)18-12(15)8-7-11(13)14;;/h10H,3-9H2,1-2H3,(H,13,14);;. The van der Waals surface area contributed by atoms with E-state index in [0.717, 1.165) is 19.3 Å². The average Bonchev–Trinajstić information content (AvgIpc) is 2.31. The minimum atomic E-state index is -3.91. The molecule has 114 valence electrons. The number of aliphatic carboxylic acids is 1. The second-order valence-electron chi connectivity index (χ2n) is 4.49. The summed E-state index contributed by atoms with van der Waals surface area (Å²) in [4.78, 5) is 21.4. The molecule has 0 radical (unpaired) electrons. The summed E-state index contributed by atoms with van der Waals surface area (Å²) in [5, 5.41) is 8.38. The summed E-state index contributed by atoms with van der Waals surface area (Å²) in [6.45, 7) is 3.91. The monoisotopic (exact) mass is 318 g/mol. The van der Waals surface area contributed by atoms with E-state index in [2.05, 4.69) is 4.18 Å². The van der Waals surface area contributed by atoms with Gasteiger partial charge in [0.05, 0.1) is 18.6 Å². The molecule has 0 aromatic heterocycles. The first-order valence-electron chi connectivity index (χ1n) is 6.47. The van der Waals surface area contributed by atoms with Crippen molar-refractivity contribution in [3.8, 4) is 0 Å². The molecule has 20 heavy (non-hydrogen) atoms. The summed E-state index contributed by atoms with van der Waals surface area (Å²) in [6, 6.07) is 0. The van der Waals surface area contributed by atoms with Crippen LogP contribution >= 0.6 is 0 Å². The van der Waals surface area contributed by atoms with E-state index in [0.29, 0.717) is 6.42 Å². The summed E-state index contributed by atoms with van der Waals surface area (Å²) in [5.74, 6) is -2.39. The van der Waals surface area contributed by atoms with Crippen LogP contribution in [0.25, 0.3) is 0 Å². The van der Waals surface area contributed by atoms with Gasteiger partial charge in [-0.05, 0) is 12.3 Å². The second-order valence-corrected chi connectivity index (χ2v) is 6.11. The number of hydrogen-bond donors (Lipinski definition) is 1. The van der Waals surface area contributed by atoms with Gasteiger partial charge in [0, 0.05) is 0 Å². The van der Waals surface area contributed by atoms with Crippen LogP contribution in [0.3, 0.4) is 0 Å². The van der Waals surface area contributed by atoms with Gasteiger partial charge in [-0.3, -0.25) is 9.59 Å². The quantitative estimate of drug-likeness (QED) is 0.481. The SMILES string of the molecule is CCCCC(CC)CS(=O)(=O)OC(=O)CCC(=O)O.[NaH]. The summed E-state index contributed by atoms with van der Waals surface area (Å²) in [6.07, 6.45) is 2.53. The normalized spacial score (nSPS) is 12.3. The third-order valence-corrected chi connectivity index (χ3v) is 4.07. The van der Waals surface area contributed by atoms with E-state index in [9.17, 15) is 18.0 Å². The molecule has 8 heteroatoms. The van der Waals surface area contributed by atoms with Gasteiger partial charge in [0.15, 0.2) is 0 Å². The van der Waals surface area contributed by atoms with Crippen molar-refractivity contribution in [2.75, 3.05) is 5.75 Å². The van der Waals surface area contributed by atoms with E-state index in [1.54, 1.807) is 0 Å². The molecule has 0 saturated carbocycles. The first kappa shape index (κ1) is 22.2. The number of carboxylic acids is 1. The molecule has 6 nitrogen and oxygen atoms in total. The molecule has 0 fully saturated rings. The summed E-state index contributed by atoms with van der Waals surface area (Å²) in [5.41, 5.74) is 0. The molecular weight excluding hydrogens is 295 g/mol. The number of carboxylic acid groups (broad SMARTS) is 1. The Kier molecular flexibility index (Phi) is 12.8. The van der Waals surface area contributed by atoms with E-state index in [-0.39, 0.29) is 41.2 Å². The molecule has 1 N–H and O–H groups in total. The maximum atomic E-state index is 11.6. The van der Waals surface area contributed by atoms with Crippen LogP contribution < -0.4 is 0 Å². The predicted octanol–water partition coefficient (Wildman–Crippen LogP) is 1.29. The second kappa shape index (κ2) is 11.5. The fourth-order valence-electron chi connectivity index (χ4n) is 1.61. The van der Waals surface area contributed by atoms with Crippen molar-refractivity contribution in [1.82, 2.24) is 0 Å². The van der Waals surface area contributed by atoms with Crippen LogP contribution in [-0.4, -0.2) is 60.8 Å². The molecule has 0 rings (SSSR count). The minimum absolute atomic E-state index is 0. The van der Waals surface area contributed by atoms with E-state index >= 15 is 0 Å². The molecule has 0 aromatic rings. The van der Waals surface area contributed by atoms with Gasteiger partial charge < -0.3 is 9.29 Å². The van der Waals surface area contributed by atoms with Crippen LogP contribution in [-0.2, 0) is 23.9 Å². The van der Waals surface area contributed by atoms with E-state index in [1.807, 2.05) is 13.8 Å². The van der Waals surface area contributed by atoms with Crippen molar-refractivity contribution >= 4 is 51.6 Å². The molecule has 0 aliphatic rings. The number of carbonyl (C=O) groups is 2. The van der Waals surface area contributed by atoms with Gasteiger partial charge in [-0.1, -0.05) is 33.1 Å². The predicted molar refractivity (Wildman–Crippen MR) is 77.2 cm³/mol. The van der Waals surface area contributed by atoms with Crippen molar-refractivity contribution in [3.63, 3.8) is 0 Å². The van der Waals surface area contributed by atoms with Gasteiger partial charge in [0.2, 0.25) is 0 Å². The maximum absolute atomic E-state index is 11.6. The van der Waals surface area contributed by atoms with Crippen LogP contribution in [0, 0.1) is 5.92 Å². The Morgan fingerprint density at radius 1 is 1.20 bits per heavy atom. The van der Waals surface area contributed by atoms with Gasteiger partial charge >= 0.3 is 51.6 Å². The zero-order chi connectivity index (χ0) is 14.9. The molecule has 0 heterocycles. The number of carbonyl (C=O) groups excluding carboxylic acids is 1. The Labute approximate surface area is 142 Å². The Balaban J connectivity index is 0. The summed E-state index contributed by atoms with van der Waals surface area (Å²) >= 11 is 0. The molecule has 0 spiro atoms. The van der Waals surface area contributed by atoms with Crippen molar-refractivity contribution in [2.24, 2.45) is 5.92 Å². The topological polar surface area (TPSA) is 97.7 Å². The molecule has 1 atom stereocenters. The van der Waals surface area contributed by atoms with Crippen LogP contribution in [0.2, 0.25) is 0 Å². The Morgan fingerprint density at radius 3 is 2.25 bits per heavy atom. The zero-order valence-corrected chi connectivity index (χ0v) is 12.2. The van der Waals surface area contributed by atoms with Gasteiger partial charge in [-0.25, -0.2) is 0 Å². The Bertz CT molecular complexity index is 393. The van der Waals surface area contributed by atoms with Crippen molar-refractivity contribution in [2.45, 2.75) is 52.4 Å². The van der Waals surface area contributed by atoms with Crippen molar-refractivity contribution in [1.29, 1.82) is 0 Å². The molecule has 0 aliphatic heterocycles. The third-order valence-electron chi connectivity index (χ3n) is 2.75. The zero-order valence-electron chi connectivity index (χ0n) is 11.4. The Morgan fingerprint density at radius 2 is 1.80 bits per heavy atom. The van der Waals surface area contributed by atoms with Crippen LogP contribution in [0.5, 0.6) is 0 Å². The van der Waals surface area contributed by atoms with Crippen LogP contribution in [0.4, 0.5) is 0 Å². The summed E-state index contributed by atoms with van der Waals surface area (Å²) in [7, 11) is -3.91. The fraction of sp³-hybridized carbons (Fsp3) is 0.833. The van der Waals surface area contributed by atoms with E-state index in [1.165, 1.54) is 0 Å². The fourth-order valence-corrected chi connectivity index (χ4v) is 3.03. The van der Waals surface area contributed by atoms with Gasteiger partial charge in [-0.2, -0.15) is 8.42 Å².